The van der Waals surface area contributed by atoms with Crippen molar-refractivity contribution in [2.45, 2.75) is 26.2 Å². The maximum Gasteiger partial charge on any atom is 0.310 e. The van der Waals surface area contributed by atoms with Crippen LogP contribution in [-0.4, -0.2) is 35.2 Å². The molecular formula is C10H17NO4. The van der Waals surface area contributed by atoms with Gasteiger partial charge in [-0.05, 0) is 25.7 Å². The fourth-order valence-corrected chi connectivity index (χ4v) is 1.71. The Morgan fingerprint density at radius 2 is 2.07 bits per heavy atom. The first-order valence-electron chi connectivity index (χ1n) is 5.11. The smallest absolute Gasteiger partial charge is 0.310 e. The SMILES string of the molecule is CC(CC(=O)NCCO)(C(=O)O)C1CC1. The quantitative estimate of drug-likeness (QED) is 0.581. The van der Waals surface area contributed by atoms with Crippen LogP contribution >= 0.6 is 0 Å². The van der Waals surface area contributed by atoms with Crippen molar-refractivity contribution in [1.29, 1.82) is 0 Å². The highest BCUT2D eigenvalue weighted by molar-refractivity contribution is 5.85. The number of aliphatic hydroxyl groups is 1. The number of hydrogen-bond acceptors (Lipinski definition) is 3. The lowest BCUT2D eigenvalue weighted by molar-refractivity contribution is -0.152. The third-order valence-electron chi connectivity index (χ3n) is 2.93. The number of amides is 1. The predicted octanol–water partition coefficient (Wildman–Crippen LogP) is -0.0141. The molecule has 3 N–H and O–H groups in total. The number of rotatable bonds is 6. The van der Waals surface area contributed by atoms with Gasteiger partial charge in [0.25, 0.3) is 0 Å². The molecule has 0 spiro atoms. The molecule has 0 aliphatic heterocycles. The topological polar surface area (TPSA) is 86.6 Å². The Morgan fingerprint density at radius 3 is 2.47 bits per heavy atom. The lowest BCUT2D eigenvalue weighted by atomic mass is 9.81. The number of carbonyl (C=O) groups excluding carboxylic acids is 1. The van der Waals surface area contributed by atoms with E-state index in [1.54, 1.807) is 6.92 Å². The molecule has 1 aliphatic rings. The maximum absolute atomic E-state index is 11.4. The van der Waals surface area contributed by atoms with Crippen molar-refractivity contribution in [1.82, 2.24) is 5.32 Å². The van der Waals surface area contributed by atoms with Gasteiger partial charge in [-0.15, -0.1) is 0 Å². The number of carboxylic acids is 1. The van der Waals surface area contributed by atoms with E-state index in [-0.39, 0.29) is 31.4 Å². The second-order valence-corrected chi connectivity index (χ2v) is 4.25. The van der Waals surface area contributed by atoms with Gasteiger partial charge in [0.05, 0.1) is 12.0 Å². The van der Waals surface area contributed by atoms with Crippen LogP contribution in [0.2, 0.25) is 0 Å². The number of carboxylic acid groups (broad SMARTS) is 1. The van der Waals surface area contributed by atoms with Crippen molar-refractivity contribution in [2.75, 3.05) is 13.2 Å². The molecule has 86 valence electrons. The zero-order valence-electron chi connectivity index (χ0n) is 8.82. The Bertz CT molecular complexity index is 262. The lowest BCUT2D eigenvalue weighted by Crippen LogP contribution is -2.37. The predicted molar refractivity (Wildman–Crippen MR) is 53.2 cm³/mol. The van der Waals surface area contributed by atoms with Crippen LogP contribution in [0.1, 0.15) is 26.2 Å². The number of carbonyl (C=O) groups is 2. The monoisotopic (exact) mass is 215 g/mol. The molecule has 0 heterocycles. The van der Waals surface area contributed by atoms with Crippen molar-refractivity contribution in [3.63, 3.8) is 0 Å². The molecule has 0 aromatic carbocycles. The molecule has 1 aliphatic carbocycles. The normalized spacial score (nSPS) is 19.3. The molecule has 0 saturated heterocycles. The summed E-state index contributed by atoms with van der Waals surface area (Å²) in [5.74, 6) is -1.10. The zero-order valence-corrected chi connectivity index (χ0v) is 8.82. The maximum atomic E-state index is 11.4. The van der Waals surface area contributed by atoms with E-state index in [1.807, 2.05) is 0 Å². The molecule has 0 aromatic rings. The number of aliphatic carboxylic acids is 1. The van der Waals surface area contributed by atoms with Gasteiger partial charge in [-0.2, -0.15) is 0 Å². The highest BCUT2D eigenvalue weighted by atomic mass is 16.4. The summed E-state index contributed by atoms with van der Waals surface area (Å²) in [6.07, 6.45) is 1.76. The van der Waals surface area contributed by atoms with Crippen LogP contribution in [-0.2, 0) is 9.59 Å². The van der Waals surface area contributed by atoms with E-state index in [4.69, 9.17) is 10.2 Å². The Hall–Kier alpha value is -1.10. The van der Waals surface area contributed by atoms with Crippen LogP contribution in [0.25, 0.3) is 0 Å². The Morgan fingerprint density at radius 1 is 1.47 bits per heavy atom. The van der Waals surface area contributed by atoms with Gasteiger partial charge in [0.15, 0.2) is 0 Å². The van der Waals surface area contributed by atoms with Crippen molar-refractivity contribution in [3.05, 3.63) is 0 Å². The fraction of sp³-hybridized carbons (Fsp3) is 0.800. The van der Waals surface area contributed by atoms with Crippen LogP contribution in [0.5, 0.6) is 0 Å². The van der Waals surface area contributed by atoms with Gasteiger partial charge in [0.1, 0.15) is 0 Å². The summed E-state index contributed by atoms with van der Waals surface area (Å²) in [7, 11) is 0. The van der Waals surface area contributed by atoms with Gasteiger partial charge in [-0.25, -0.2) is 0 Å². The summed E-state index contributed by atoms with van der Waals surface area (Å²) in [5.41, 5.74) is -0.945. The second kappa shape index (κ2) is 4.61. The highest BCUT2D eigenvalue weighted by Crippen LogP contribution is 2.47. The van der Waals surface area contributed by atoms with Gasteiger partial charge >= 0.3 is 5.97 Å². The Kier molecular flexibility index (Phi) is 3.68. The minimum atomic E-state index is -0.945. The third kappa shape index (κ3) is 2.92. The van der Waals surface area contributed by atoms with E-state index < -0.39 is 11.4 Å². The van der Waals surface area contributed by atoms with E-state index in [1.165, 1.54) is 0 Å². The average molecular weight is 215 g/mol. The van der Waals surface area contributed by atoms with E-state index in [0.29, 0.717) is 0 Å². The summed E-state index contributed by atoms with van der Waals surface area (Å²) < 4.78 is 0. The van der Waals surface area contributed by atoms with Gasteiger partial charge in [-0.3, -0.25) is 9.59 Å². The number of nitrogens with one attached hydrogen (secondary N) is 1. The van der Waals surface area contributed by atoms with Gasteiger partial charge in [0, 0.05) is 13.0 Å². The molecule has 5 nitrogen and oxygen atoms in total. The number of aliphatic hydroxyl groups excluding tert-OH is 1. The first-order chi connectivity index (χ1) is 7.00. The standard InChI is InChI=1S/C10H17NO4/c1-10(9(14)15,7-2-3-7)6-8(13)11-4-5-12/h7,12H,2-6H2,1H3,(H,11,13)(H,14,15). The van der Waals surface area contributed by atoms with Crippen molar-refractivity contribution in [2.24, 2.45) is 11.3 Å². The van der Waals surface area contributed by atoms with Crippen molar-refractivity contribution in [3.8, 4) is 0 Å². The molecule has 1 fully saturated rings. The summed E-state index contributed by atoms with van der Waals surface area (Å²) in [6, 6.07) is 0. The van der Waals surface area contributed by atoms with Crippen LogP contribution < -0.4 is 5.32 Å². The second-order valence-electron chi connectivity index (χ2n) is 4.25. The summed E-state index contributed by atoms with van der Waals surface area (Å²) in [4.78, 5) is 22.5. The molecule has 0 bridgehead atoms. The zero-order chi connectivity index (χ0) is 11.5. The van der Waals surface area contributed by atoms with Crippen molar-refractivity contribution < 1.29 is 19.8 Å². The summed E-state index contributed by atoms with van der Waals surface area (Å²) >= 11 is 0. The van der Waals surface area contributed by atoms with E-state index >= 15 is 0 Å². The third-order valence-corrected chi connectivity index (χ3v) is 2.93. The highest BCUT2D eigenvalue weighted by Gasteiger charge is 2.48. The van der Waals surface area contributed by atoms with Gasteiger partial charge < -0.3 is 15.5 Å². The average Bonchev–Trinajstić information content (AvgIpc) is 2.97. The van der Waals surface area contributed by atoms with Crippen LogP contribution in [0.4, 0.5) is 0 Å². The molecular weight excluding hydrogens is 198 g/mol. The molecule has 0 aromatic heterocycles. The molecule has 1 unspecified atom stereocenters. The first-order valence-corrected chi connectivity index (χ1v) is 5.11. The van der Waals surface area contributed by atoms with Crippen LogP contribution in [0.15, 0.2) is 0 Å². The van der Waals surface area contributed by atoms with Crippen LogP contribution in [0, 0.1) is 11.3 Å². The Labute approximate surface area is 88.5 Å². The van der Waals surface area contributed by atoms with E-state index in [0.717, 1.165) is 12.8 Å². The summed E-state index contributed by atoms with van der Waals surface area (Å²) in [5, 5.41) is 20.1. The minimum absolute atomic E-state index is 0.00694. The first kappa shape index (κ1) is 12.0. The molecule has 1 atom stereocenters. The number of hydrogen-bond donors (Lipinski definition) is 3. The molecule has 1 rings (SSSR count). The van der Waals surface area contributed by atoms with Crippen molar-refractivity contribution >= 4 is 11.9 Å². The van der Waals surface area contributed by atoms with E-state index in [9.17, 15) is 9.59 Å². The minimum Gasteiger partial charge on any atom is -0.481 e. The molecule has 15 heavy (non-hydrogen) atoms. The molecule has 1 saturated carbocycles. The molecule has 0 radical (unpaired) electrons. The largest absolute Gasteiger partial charge is 0.481 e. The lowest BCUT2D eigenvalue weighted by Gasteiger charge is -2.23. The molecule has 1 amide bonds. The van der Waals surface area contributed by atoms with Gasteiger partial charge in [0.2, 0.25) is 5.91 Å². The fourth-order valence-electron chi connectivity index (χ4n) is 1.71. The Balaban J connectivity index is 2.51. The van der Waals surface area contributed by atoms with Gasteiger partial charge in [-0.1, -0.05) is 0 Å². The van der Waals surface area contributed by atoms with Crippen LogP contribution in [0.3, 0.4) is 0 Å². The van der Waals surface area contributed by atoms with E-state index in [2.05, 4.69) is 5.32 Å². The summed E-state index contributed by atoms with van der Waals surface area (Å²) in [6.45, 7) is 1.67. The molecule has 5 heteroatoms.